The number of carbonyl (C=O) groups is 1. The van der Waals surface area contributed by atoms with Gasteiger partial charge in [-0.15, -0.1) is 0 Å². The predicted molar refractivity (Wildman–Crippen MR) is 193 cm³/mol. The molecule has 0 spiro atoms. The molecule has 0 aromatic heterocycles. The van der Waals surface area contributed by atoms with E-state index in [2.05, 4.69) is 41.5 Å². The first kappa shape index (κ1) is 41.9. The summed E-state index contributed by atoms with van der Waals surface area (Å²) in [6.07, 6.45) is 36.7. The molecular weight excluding hydrogens is 533 g/mol. The quantitative estimate of drug-likeness (QED) is 0.0606. The molecule has 0 aromatic carbocycles. The number of hydrogen-bond acceptors (Lipinski definition) is 3. The summed E-state index contributed by atoms with van der Waals surface area (Å²) in [5.74, 6) is 0.350. The van der Waals surface area contributed by atoms with Gasteiger partial charge in [0.1, 0.15) is 0 Å². The molecule has 1 atom stereocenters. The van der Waals surface area contributed by atoms with Gasteiger partial charge in [-0.1, -0.05) is 0 Å². The summed E-state index contributed by atoms with van der Waals surface area (Å²) in [4.78, 5) is 13.9. The van der Waals surface area contributed by atoms with Crippen molar-refractivity contribution in [2.75, 3.05) is 24.6 Å². The minimum absolute atomic E-state index is 0.0599. The minimum atomic E-state index is -2.74. The van der Waals surface area contributed by atoms with Crippen LogP contribution in [0.1, 0.15) is 202 Å². The Bertz CT molecular complexity index is 532. The van der Waals surface area contributed by atoms with Gasteiger partial charge in [0.15, 0.2) is 0 Å². The molecule has 0 rings (SSSR count). The molecular formula is C38H80NO2P. The van der Waals surface area contributed by atoms with Gasteiger partial charge in [-0.05, 0) is 0 Å². The molecule has 2 N–H and O–H groups in total. The molecule has 0 aliphatic carbocycles. The van der Waals surface area contributed by atoms with E-state index in [1.54, 1.807) is 0 Å². The second kappa shape index (κ2) is 27.2. The summed E-state index contributed by atoms with van der Waals surface area (Å²) >= 11 is 0. The molecule has 254 valence electrons. The number of nitrogens with two attached hydrogens (primary N) is 1. The topological polar surface area (TPSA) is 52.3 Å². The normalized spacial score (nSPS) is 13.8. The van der Waals surface area contributed by atoms with Crippen molar-refractivity contribution in [1.29, 1.82) is 0 Å². The van der Waals surface area contributed by atoms with Crippen LogP contribution in [0.15, 0.2) is 0 Å². The van der Waals surface area contributed by atoms with Crippen molar-refractivity contribution >= 4 is 12.8 Å². The first-order valence-corrected chi connectivity index (χ1v) is 22.2. The monoisotopic (exact) mass is 614 g/mol. The third-order valence-electron chi connectivity index (χ3n) is 9.69. The van der Waals surface area contributed by atoms with Crippen molar-refractivity contribution in [3.63, 3.8) is 0 Å². The second-order valence-corrected chi connectivity index (χ2v) is 20.2. The van der Waals surface area contributed by atoms with Crippen molar-refractivity contribution in [3.8, 4) is 0 Å². The summed E-state index contributed by atoms with van der Waals surface area (Å²) in [7, 11) is 0. The summed E-state index contributed by atoms with van der Waals surface area (Å²) < 4.78 is 7.17. The van der Waals surface area contributed by atoms with E-state index < -0.39 is 12.9 Å². The van der Waals surface area contributed by atoms with E-state index in [1.807, 2.05) is 0 Å². The fourth-order valence-electron chi connectivity index (χ4n) is 6.95. The fourth-order valence-corrected chi connectivity index (χ4v) is 13.4. The average Bonchev–Trinajstić information content (AvgIpc) is 2.96. The number of rotatable bonds is 32. The third-order valence-corrected chi connectivity index (χ3v) is 16.2. The van der Waals surface area contributed by atoms with Crippen LogP contribution in [0.25, 0.3) is 0 Å². The molecule has 3 nitrogen and oxygen atoms in total. The zero-order chi connectivity index (χ0) is 31.4. The maximum absolute atomic E-state index is 13.9. The predicted octanol–water partition coefficient (Wildman–Crippen LogP) is 12.8. The molecule has 0 saturated carbocycles. The molecule has 0 radical (unpaired) electrons. The number of unbranched alkanes of at least 4 members (excludes halogenated alkanes) is 20. The molecule has 0 fully saturated rings. The van der Waals surface area contributed by atoms with Crippen LogP contribution >= 0.6 is 6.83 Å². The molecule has 0 saturated heterocycles. The molecule has 0 aliphatic rings. The van der Waals surface area contributed by atoms with Crippen molar-refractivity contribution in [3.05, 3.63) is 0 Å². The van der Waals surface area contributed by atoms with Gasteiger partial charge in [0, 0.05) is 0 Å². The molecule has 0 unspecified atom stereocenters. The van der Waals surface area contributed by atoms with Crippen LogP contribution in [0.4, 0.5) is 0 Å². The second-order valence-electron chi connectivity index (χ2n) is 14.5. The zero-order valence-corrected chi connectivity index (χ0v) is 30.9. The Balaban J connectivity index is 6.12. The van der Waals surface area contributed by atoms with E-state index in [9.17, 15) is 4.79 Å². The molecule has 4 heteroatoms. The van der Waals surface area contributed by atoms with E-state index >= 15 is 0 Å². The third kappa shape index (κ3) is 20.7. The standard InChI is InChI=1S/C38H80NO2P/c1-7-11-15-19-23-27-31-42(32-28-24-20-16-12-8-2,33-29-25-21-17-13-9-3,34-30-26-22-18-14-10-4)41-38(40)37(39)35-36(5)6/h36-37H,7-35,39H2,1-6H3/t37-/m1/s1. The van der Waals surface area contributed by atoms with Crippen molar-refractivity contribution in [1.82, 2.24) is 0 Å². The van der Waals surface area contributed by atoms with Gasteiger partial charge in [-0.3, -0.25) is 0 Å². The Labute approximate surface area is 266 Å². The Hall–Kier alpha value is -0.140. The molecule has 0 amide bonds. The van der Waals surface area contributed by atoms with E-state index in [1.165, 1.54) is 154 Å². The Morgan fingerprint density at radius 3 is 1.02 bits per heavy atom. The molecule has 0 aromatic rings. The van der Waals surface area contributed by atoms with E-state index in [0.29, 0.717) is 5.92 Å². The van der Waals surface area contributed by atoms with Gasteiger partial charge in [-0.25, -0.2) is 0 Å². The summed E-state index contributed by atoms with van der Waals surface area (Å²) in [5.41, 5.74) is 6.57. The first-order valence-electron chi connectivity index (χ1n) is 19.3. The first-order chi connectivity index (χ1) is 20.3. The van der Waals surface area contributed by atoms with E-state index in [0.717, 1.165) is 31.1 Å². The SMILES string of the molecule is CCCCCCCCP(CCCCCCCC)(CCCCCCCC)(CCCCCCCC)OC(=O)[C@H](N)CC(C)C. The van der Waals surface area contributed by atoms with Gasteiger partial charge in [0.25, 0.3) is 0 Å². The summed E-state index contributed by atoms with van der Waals surface area (Å²) in [6, 6.07) is -0.477. The van der Waals surface area contributed by atoms with Crippen molar-refractivity contribution in [2.24, 2.45) is 11.7 Å². The van der Waals surface area contributed by atoms with Crippen LogP contribution < -0.4 is 5.73 Å². The summed E-state index contributed by atoms with van der Waals surface area (Å²) in [5, 5.41) is 0. The zero-order valence-electron chi connectivity index (χ0n) is 30.0. The van der Waals surface area contributed by atoms with Gasteiger partial charge in [-0.2, -0.15) is 0 Å². The van der Waals surface area contributed by atoms with Gasteiger partial charge in [0.05, 0.1) is 0 Å². The van der Waals surface area contributed by atoms with E-state index in [4.69, 9.17) is 10.3 Å². The molecule has 0 aliphatic heterocycles. The average molecular weight is 614 g/mol. The Kier molecular flexibility index (Phi) is 27.1. The van der Waals surface area contributed by atoms with Crippen molar-refractivity contribution < 1.29 is 9.32 Å². The molecule has 0 heterocycles. The van der Waals surface area contributed by atoms with Gasteiger partial charge >= 0.3 is 267 Å². The number of hydrogen-bond donors (Lipinski definition) is 1. The van der Waals surface area contributed by atoms with E-state index in [-0.39, 0.29) is 5.97 Å². The molecule has 0 bridgehead atoms. The van der Waals surface area contributed by atoms with Gasteiger partial charge < -0.3 is 0 Å². The maximum atomic E-state index is 13.9. The Morgan fingerprint density at radius 1 is 0.500 bits per heavy atom. The van der Waals surface area contributed by atoms with Crippen LogP contribution in [0.5, 0.6) is 0 Å². The van der Waals surface area contributed by atoms with Crippen LogP contribution in [-0.2, 0) is 9.32 Å². The fraction of sp³-hybridized carbons (Fsp3) is 0.974. The van der Waals surface area contributed by atoms with Crippen molar-refractivity contribution in [2.45, 2.75) is 208 Å². The van der Waals surface area contributed by atoms with Crippen LogP contribution in [0.3, 0.4) is 0 Å². The number of carbonyl (C=O) groups excluding carboxylic acids is 1. The Morgan fingerprint density at radius 2 is 0.762 bits per heavy atom. The van der Waals surface area contributed by atoms with Crippen LogP contribution in [0, 0.1) is 5.92 Å². The summed E-state index contributed by atoms with van der Waals surface area (Å²) in [6.45, 7) is 10.8. The van der Waals surface area contributed by atoms with Gasteiger partial charge in [0.2, 0.25) is 0 Å². The molecule has 42 heavy (non-hydrogen) atoms. The van der Waals surface area contributed by atoms with Crippen LogP contribution in [-0.4, -0.2) is 36.7 Å². The van der Waals surface area contributed by atoms with Crippen LogP contribution in [0.2, 0.25) is 0 Å².